The first-order valence-corrected chi connectivity index (χ1v) is 8.05. The quantitative estimate of drug-likeness (QED) is 0.260. The topological polar surface area (TPSA) is 54.9 Å². The van der Waals surface area contributed by atoms with Gasteiger partial charge in [0.15, 0.2) is 5.96 Å². The Morgan fingerprint density at radius 3 is 2.74 bits per heavy atom. The van der Waals surface area contributed by atoms with Crippen LogP contribution in [-0.2, 0) is 4.74 Å². The van der Waals surface area contributed by atoms with Crippen LogP contribution in [0.4, 0.5) is 0 Å². The molecule has 0 aromatic heterocycles. The van der Waals surface area contributed by atoms with Crippen LogP contribution in [0.3, 0.4) is 0 Å². The van der Waals surface area contributed by atoms with Crippen molar-refractivity contribution in [3.05, 3.63) is 29.3 Å². The summed E-state index contributed by atoms with van der Waals surface area (Å²) in [5.74, 6) is 1.52. The normalized spacial score (nSPS) is 12.3. The number of aliphatic imine (C=N–C) groups is 1. The Morgan fingerprint density at radius 2 is 2.09 bits per heavy atom. The summed E-state index contributed by atoms with van der Waals surface area (Å²) in [4.78, 5) is 4.51. The van der Waals surface area contributed by atoms with E-state index in [4.69, 9.17) is 21.1 Å². The van der Waals surface area contributed by atoms with E-state index in [2.05, 4.69) is 15.6 Å². The highest BCUT2D eigenvalue weighted by atomic mass is 127. The predicted molar refractivity (Wildman–Crippen MR) is 107 cm³/mol. The summed E-state index contributed by atoms with van der Waals surface area (Å²) in [6, 6.07) is 7.38. The number of benzene rings is 1. The Kier molecular flexibility index (Phi) is 13.3. The van der Waals surface area contributed by atoms with Crippen molar-refractivity contribution >= 4 is 41.5 Å². The van der Waals surface area contributed by atoms with Gasteiger partial charge in [0, 0.05) is 24.7 Å². The van der Waals surface area contributed by atoms with E-state index in [9.17, 15) is 0 Å². The summed E-state index contributed by atoms with van der Waals surface area (Å²) in [6.07, 6.45) is -0.0409. The smallest absolute Gasteiger partial charge is 0.191 e. The van der Waals surface area contributed by atoms with Crippen LogP contribution in [0.15, 0.2) is 29.3 Å². The van der Waals surface area contributed by atoms with Gasteiger partial charge in [-0.05, 0) is 39.0 Å². The Bertz CT molecular complexity index is 461. The maximum Gasteiger partial charge on any atom is 0.191 e. The second kappa shape index (κ2) is 13.7. The van der Waals surface area contributed by atoms with Crippen molar-refractivity contribution in [3.8, 4) is 5.75 Å². The van der Waals surface area contributed by atoms with Crippen LogP contribution in [0.1, 0.15) is 20.8 Å². The number of nitrogens with one attached hydrogen (secondary N) is 2. The van der Waals surface area contributed by atoms with Gasteiger partial charge in [-0.2, -0.15) is 0 Å². The fraction of sp³-hybridized carbons (Fsp3) is 0.562. The third-order valence-corrected chi connectivity index (χ3v) is 2.96. The molecule has 0 aliphatic rings. The lowest BCUT2D eigenvalue weighted by Crippen LogP contribution is -2.39. The van der Waals surface area contributed by atoms with Crippen LogP contribution in [0, 0.1) is 0 Å². The first-order valence-electron chi connectivity index (χ1n) is 7.67. The highest BCUT2D eigenvalue weighted by Gasteiger charge is 2.05. The molecule has 1 rings (SSSR count). The molecule has 0 radical (unpaired) electrons. The van der Waals surface area contributed by atoms with Gasteiger partial charge in [-0.1, -0.05) is 17.7 Å². The average molecular weight is 456 g/mol. The van der Waals surface area contributed by atoms with Crippen molar-refractivity contribution in [2.45, 2.75) is 26.9 Å². The summed E-state index contributed by atoms with van der Waals surface area (Å²) in [5.41, 5.74) is 0. The molecule has 5 nitrogen and oxygen atoms in total. The predicted octanol–water partition coefficient (Wildman–Crippen LogP) is 3.32. The number of rotatable bonds is 9. The lowest BCUT2D eigenvalue weighted by atomic mass is 10.3. The molecule has 0 heterocycles. The highest BCUT2D eigenvalue weighted by Crippen LogP contribution is 2.18. The van der Waals surface area contributed by atoms with Crippen LogP contribution in [0.25, 0.3) is 0 Å². The van der Waals surface area contributed by atoms with E-state index < -0.39 is 0 Å². The molecule has 1 unspecified atom stereocenters. The van der Waals surface area contributed by atoms with Crippen LogP contribution in [-0.4, -0.2) is 44.9 Å². The minimum Gasteiger partial charge on any atom is -0.489 e. The van der Waals surface area contributed by atoms with E-state index in [1.54, 1.807) is 6.07 Å². The van der Waals surface area contributed by atoms with Crippen molar-refractivity contribution in [1.29, 1.82) is 0 Å². The molecule has 1 aromatic carbocycles. The molecule has 0 fully saturated rings. The lowest BCUT2D eigenvalue weighted by molar-refractivity contribution is 0.152. The van der Waals surface area contributed by atoms with Crippen LogP contribution in [0.2, 0.25) is 5.02 Å². The fourth-order valence-electron chi connectivity index (χ4n) is 1.76. The molecule has 7 heteroatoms. The summed E-state index contributed by atoms with van der Waals surface area (Å²) in [6.45, 7) is 9.47. The second-order valence-corrected chi connectivity index (χ2v) is 5.17. The maximum atomic E-state index is 5.94. The van der Waals surface area contributed by atoms with Crippen LogP contribution < -0.4 is 15.4 Å². The molecule has 0 saturated heterocycles. The van der Waals surface area contributed by atoms with Crippen LogP contribution >= 0.6 is 35.6 Å². The number of ether oxygens (including phenoxy) is 2. The molecular weight excluding hydrogens is 429 g/mol. The van der Waals surface area contributed by atoms with Gasteiger partial charge in [-0.25, -0.2) is 4.99 Å². The van der Waals surface area contributed by atoms with Crippen molar-refractivity contribution < 1.29 is 9.47 Å². The van der Waals surface area contributed by atoms with Gasteiger partial charge in [0.25, 0.3) is 0 Å². The summed E-state index contributed by atoms with van der Waals surface area (Å²) in [7, 11) is 0. The number of guanidine groups is 1. The third-order valence-electron chi connectivity index (χ3n) is 2.73. The largest absolute Gasteiger partial charge is 0.489 e. The van der Waals surface area contributed by atoms with Gasteiger partial charge in [0.05, 0.1) is 13.2 Å². The van der Waals surface area contributed by atoms with Gasteiger partial charge >= 0.3 is 0 Å². The monoisotopic (exact) mass is 455 g/mol. The number of hydrogen-bond acceptors (Lipinski definition) is 3. The van der Waals surface area contributed by atoms with Crippen molar-refractivity contribution in [3.63, 3.8) is 0 Å². The zero-order valence-corrected chi connectivity index (χ0v) is 17.1. The standard InChI is InChI=1S/C16H26ClN3O2.HI/c1-4-18-16(19-9-10-21-5-2)20-12-13(3)22-15-8-6-7-14(17)11-15;/h6-8,11,13H,4-5,9-10,12H2,1-3H3,(H2,18,19,20);1H. The summed E-state index contributed by atoms with van der Waals surface area (Å²) < 4.78 is 11.1. The molecule has 0 amide bonds. The Labute approximate surface area is 161 Å². The first-order chi connectivity index (χ1) is 10.7. The summed E-state index contributed by atoms with van der Waals surface area (Å²) >= 11 is 5.94. The minimum absolute atomic E-state index is 0. The molecule has 0 bridgehead atoms. The van der Waals surface area contributed by atoms with E-state index in [1.165, 1.54) is 0 Å². The van der Waals surface area contributed by atoms with E-state index >= 15 is 0 Å². The zero-order valence-electron chi connectivity index (χ0n) is 14.0. The van der Waals surface area contributed by atoms with Gasteiger partial charge < -0.3 is 20.1 Å². The molecule has 2 N–H and O–H groups in total. The third kappa shape index (κ3) is 10.6. The second-order valence-electron chi connectivity index (χ2n) is 4.73. The van der Waals surface area contributed by atoms with Gasteiger partial charge in [0.2, 0.25) is 0 Å². The molecule has 0 spiro atoms. The van der Waals surface area contributed by atoms with Gasteiger partial charge in [-0.3, -0.25) is 0 Å². The number of halogens is 2. The Hall–Kier alpha value is -0.730. The SMILES string of the molecule is CCNC(=NCC(C)Oc1cccc(Cl)c1)NCCOCC.I. The van der Waals surface area contributed by atoms with Crippen molar-refractivity contribution in [2.24, 2.45) is 4.99 Å². The molecule has 0 aliphatic carbocycles. The molecule has 23 heavy (non-hydrogen) atoms. The molecular formula is C16H27ClIN3O2. The first kappa shape index (κ1) is 22.3. The number of nitrogens with zero attached hydrogens (tertiary/aromatic N) is 1. The maximum absolute atomic E-state index is 5.94. The van der Waals surface area contributed by atoms with Crippen LogP contribution in [0.5, 0.6) is 5.75 Å². The molecule has 0 aliphatic heterocycles. The molecule has 1 aromatic rings. The van der Waals surface area contributed by atoms with E-state index in [0.29, 0.717) is 18.2 Å². The van der Waals surface area contributed by atoms with Crippen molar-refractivity contribution in [1.82, 2.24) is 10.6 Å². The minimum atomic E-state index is -0.0409. The Morgan fingerprint density at radius 1 is 1.30 bits per heavy atom. The van der Waals surface area contributed by atoms with Gasteiger partial charge in [-0.15, -0.1) is 24.0 Å². The fourth-order valence-corrected chi connectivity index (χ4v) is 1.94. The molecule has 1 atom stereocenters. The molecule has 0 saturated carbocycles. The Balaban J connectivity index is 0.00000484. The highest BCUT2D eigenvalue weighted by molar-refractivity contribution is 14.0. The lowest BCUT2D eigenvalue weighted by Gasteiger charge is -2.15. The molecule has 132 valence electrons. The van der Waals surface area contributed by atoms with Gasteiger partial charge in [0.1, 0.15) is 11.9 Å². The van der Waals surface area contributed by atoms with E-state index in [1.807, 2.05) is 39.0 Å². The zero-order chi connectivity index (χ0) is 16.2. The summed E-state index contributed by atoms with van der Waals surface area (Å²) in [5, 5.41) is 7.08. The average Bonchev–Trinajstić information content (AvgIpc) is 2.49. The van der Waals surface area contributed by atoms with E-state index in [-0.39, 0.29) is 30.1 Å². The van der Waals surface area contributed by atoms with E-state index in [0.717, 1.165) is 31.4 Å². The van der Waals surface area contributed by atoms with Crippen molar-refractivity contribution in [2.75, 3.05) is 32.8 Å². The number of hydrogen-bond donors (Lipinski definition) is 2.